The Kier molecular flexibility index (Phi) is 3.64. The van der Waals surface area contributed by atoms with Crippen molar-refractivity contribution in [1.29, 1.82) is 0 Å². The highest BCUT2D eigenvalue weighted by Crippen LogP contribution is 2.31. The lowest BCUT2D eigenvalue weighted by atomic mass is 10.2. The van der Waals surface area contributed by atoms with Crippen molar-refractivity contribution in [3.8, 4) is 0 Å². The van der Waals surface area contributed by atoms with Gasteiger partial charge in [0.05, 0.1) is 6.54 Å². The summed E-state index contributed by atoms with van der Waals surface area (Å²) in [4.78, 5) is 0. The molecule has 0 aromatic carbocycles. The highest BCUT2D eigenvalue weighted by atomic mass is 15.3. The van der Waals surface area contributed by atoms with Gasteiger partial charge in [0.15, 0.2) is 0 Å². The second-order valence-electron chi connectivity index (χ2n) is 5.83. The fourth-order valence-corrected chi connectivity index (χ4v) is 3.54. The van der Waals surface area contributed by atoms with Gasteiger partial charge in [0, 0.05) is 12.1 Å². The zero-order valence-electron chi connectivity index (χ0n) is 11.4. The van der Waals surface area contributed by atoms with E-state index in [0.29, 0.717) is 12.1 Å². The Bertz CT molecular complexity index is 386. The quantitative estimate of drug-likeness (QED) is 0.891. The van der Waals surface area contributed by atoms with Gasteiger partial charge in [-0.15, -0.1) is 10.2 Å². The smallest absolute Gasteiger partial charge is 0.147 e. The van der Waals surface area contributed by atoms with Crippen LogP contribution in [0, 0.1) is 6.92 Å². The minimum absolute atomic E-state index is 0.653. The van der Waals surface area contributed by atoms with Gasteiger partial charge in [-0.2, -0.15) is 0 Å². The lowest BCUT2D eigenvalue weighted by molar-refractivity contribution is 0.453. The van der Waals surface area contributed by atoms with Crippen LogP contribution in [0.25, 0.3) is 0 Å². The second kappa shape index (κ2) is 5.39. The first kappa shape index (κ1) is 12.2. The average molecular weight is 248 g/mol. The number of aromatic nitrogens is 3. The molecule has 4 nitrogen and oxygen atoms in total. The van der Waals surface area contributed by atoms with Crippen LogP contribution in [0.2, 0.25) is 0 Å². The van der Waals surface area contributed by atoms with Crippen LogP contribution >= 0.6 is 0 Å². The van der Waals surface area contributed by atoms with E-state index in [1.165, 1.54) is 51.4 Å². The number of aryl methyl sites for hydroxylation is 1. The van der Waals surface area contributed by atoms with Crippen molar-refractivity contribution in [2.45, 2.75) is 76.9 Å². The monoisotopic (exact) mass is 248 g/mol. The Labute approximate surface area is 109 Å². The molecule has 100 valence electrons. The third-order valence-corrected chi connectivity index (χ3v) is 4.53. The van der Waals surface area contributed by atoms with E-state index >= 15 is 0 Å². The molecule has 1 aromatic heterocycles. The fraction of sp³-hybridized carbons (Fsp3) is 0.857. The molecule has 0 aliphatic heterocycles. The molecule has 2 saturated carbocycles. The summed E-state index contributed by atoms with van der Waals surface area (Å²) in [5.74, 6) is 2.23. The number of hydrogen-bond donors (Lipinski definition) is 1. The second-order valence-corrected chi connectivity index (χ2v) is 5.83. The Morgan fingerprint density at radius 2 is 1.72 bits per heavy atom. The molecule has 0 amide bonds. The van der Waals surface area contributed by atoms with Crippen molar-refractivity contribution in [3.05, 3.63) is 11.6 Å². The molecule has 2 fully saturated rings. The minimum atomic E-state index is 0.653. The molecular formula is C14H24N4. The maximum absolute atomic E-state index is 4.37. The van der Waals surface area contributed by atoms with E-state index in [9.17, 15) is 0 Å². The molecule has 0 unspecified atom stereocenters. The Morgan fingerprint density at radius 3 is 2.44 bits per heavy atom. The Hall–Kier alpha value is -0.900. The molecule has 3 rings (SSSR count). The molecular weight excluding hydrogens is 224 g/mol. The first-order valence-electron chi connectivity index (χ1n) is 7.48. The third-order valence-electron chi connectivity index (χ3n) is 4.53. The zero-order chi connectivity index (χ0) is 12.4. The predicted octanol–water partition coefficient (Wildman–Crippen LogP) is 2.73. The summed E-state index contributed by atoms with van der Waals surface area (Å²) < 4.78 is 2.38. The molecule has 1 aromatic rings. The van der Waals surface area contributed by atoms with Crippen LogP contribution in [-0.2, 0) is 6.54 Å². The van der Waals surface area contributed by atoms with Crippen molar-refractivity contribution in [1.82, 2.24) is 20.1 Å². The molecule has 0 saturated heterocycles. The molecule has 4 heteroatoms. The van der Waals surface area contributed by atoms with Crippen molar-refractivity contribution in [2.24, 2.45) is 0 Å². The topological polar surface area (TPSA) is 42.7 Å². The summed E-state index contributed by atoms with van der Waals surface area (Å²) in [6, 6.07) is 1.36. The first-order chi connectivity index (χ1) is 8.84. The Morgan fingerprint density at radius 1 is 1.06 bits per heavy atom. The summed E-state index contributed by atoms with van der Waals surface area (Å²) in [5, 5.41) is 12.3. The average Bonchev–Trinajstić information content (AvgIpc) is 3.07. The highest BCUT2D eigenvalue weighted by molar-refractivity contribution is 4.99. The highest BCUT2D eigenvalue weighted by Gasteiger charge is 2.23. The lowest BCUT2D eigenvalue weighted by Crippen LogP contribution is -2.27. The molecule has 1 N–H and O–H groups in total. The number of nitrogens with one attached hydrogen (secondary N) is 1. The standard InChI is InChI=1S/C14H24N4/c1-11-16-17-14(10-15-12-6-2-3-7-12)18(11)13-8-4-5-9-13/h12-13,15H,2-10H2,1H3. The summed E-state index contributed by atoms with van der Waals surface area (Å²) >= 11 is 0. The largest absolute Gasteiger partial charge is 0.311 e. The maximum Gasteiger partial charge on any atom is 0.147 e. The van der Waals surface area contributed by atoms with Gasteiger partial charge in [0.25, 0.3) is 0 Å². The predicted molar refractivity (Wildman–Crippen MR) is 71.4 cm³/mol. The van der Waals surface area contributed by atoms with Gasteiger partial charge < -0.3 is 9.88 Å². The van der Waals surface area contributed by atoms with Crippen molar-refractivity contribution in [2.75, 3.05) is 0 Å². The summed E-state index contributed by atoms with van der Waals surface area (Å²) in [7, 11) is 0. The van der Waals surface area contributed by atoms with Crippen LogP contribution in [0.15, 0.2) is 0 Å². The van der Waals surface area contributed by atoms with Crippen LogP contribution in [0.3, 0.4) is 0 Å². The molecule has 0 radical (unpaired) electrons. The van der Waals surface area contributed by atoms with E-state index in [2.05, 4.69) is 27.0 Å². The number of rotatable bonds is 4. The van der Waals surface area contributed by atoms with Crippen molar-refractivity contribution >= 4 is 0 Å². The van der Waals surface area contributed by atoms with Gasteiger partial charge in [-0.05, 0) is 32.6 Å². The zero-order valence-corrected chi connectivity index (χ0v) is 11.4. The van der Waals surface area contributed by atoms with E-state index in [-0.39, 0.29) is 0 Å². The molecule has 0 bridgehead atoms. The molecule has 1 heterocycles. The van der Waals surface area contributed by atoms with E-state index in [1.807, 2.05) is 0 Å². The first-order valence-corrected chi connectivity index (χ1v) is 7.48. The Balaban J connectivity index is 1.67. The van der Waals surface area contributed by atoms with E-state index in [4.69, 9.17) is 0 Å². The summed E-state index contributed by atoms with van der Waals surface area (Å²) in [6.45, 7) is 2.98. The van der Waals surface area contributed by atoms with Crippen molar-refractivity contribution < 1.29 is 0 Å². The van der Waals surface area contributed by atoms with Crippen LogP contribution < -0.4 is 5.32 Å². The van der Waals surface area contributed by atoms with Gasteiger partial charge in [-0.1, -0.05) is 25.7 Å². The maximum atomic E-state index is 4.37. The fourth-order valence-electron chi connectivity index (χ4n) is 3.54. The van der Waals surface area contributed by atoms with E-state index < -0.39 is 0 Å². The third kappa shape index (κ3) is 2.44. The normalized spacial score (nSPS) is 22.1. The van der Waals surface area contributed by atoms with Gasteiger partial charge >= 0.3 is 0 Å². The molecule has 18 heavy (non-hydrogen) atoms. The lowest BCUT2D eigenvalue weighted by Gasteiger charge is -2.17. The van der Waals surface area contributed by atoms with Gasteiger partial charge in [-0.3, -0.25) is 0 Å². The van der Waals surface area contributed by atoms with Crippen LogP contribution in [0.5, 0.6) is 0 Å². The van der Waals surface area contributed by atoms with E-state index in [1.54, 1.807) is 0 Å². The summed E-state index contributed by atoms with van der Waals surface area (Å²) in [6.07, 6.45) is 10.7. The van der Waals surface area contributed by atoms with Gasteiger partial charge in [0.1, 0.15) is 11.6 Å². The molecule has 0 spiro atoms. The van der Waals surface area contributed by atoms with Gasteiger partial charge in [0.2, 0.25) is 0 Å². The summed E-state index contributed by atoms with van der Waals surface area (Å²) in [5.41, 5.74) is 0. The molecule has 0 atom stereocenters. The minimum Gasteiger partial charge on any atom is -0.311 e. The van der Waals surface area contributed by atoms with Crippen LogP contribution in [0.4, 0.5) is 0 Å². The SMILES string of the molecule is Cc1nnc(CNC2CCCC2)n1C1CCCC1. The van der Waals surface area contributed by atoms with Crippen molar-refractivity contribution in [3.63, 3.8) is 0 Å². The molecule has 2 aliphatic carbocycles. The van der Waals surface area contributed by atoms with Crippen LogP contribution in [0.1, 0.15) is 69.1 Å². The van der Waals surface area contributed by atoms with Crippen LogP contribution in [-0.4, -0.2) is 20.8 Å². The molecule has 2 aliphatic rings. The number of nitrogens with zero attached hydrogens (tertiary/aromatic N) is 3. The van der Waals surface area contributed by atoms with Gasteiger partial charge in [-0.25, -0.2) is 0 Å². The van der Waals surface area contributed by atoms with E-state index in [0.717, 1.165) is 18.2 Å². The number of hydrogen-bond acceptors (Lipinski definition) is 3.